The highest BCUT2D eigenvalue weighted by Gasteiger charge is 2.31. The predicted molar refractivity (Wildman–Crippen MR) is 133 cm³/mol. The van der Waals surface area contributed by atoms with E-state index < -0.39 is 0 Å². The van der Waals surface area contributed by atoms with Gasteiger partial charge in [0.15, 0.2) is 6.61 Å². The molecule has 2 amide bonds. The summed E-state index contributed by atoms with van der Waals surface area (Å²) < 4.78 is 5.72. The van der Waals surface area contributed by atoms with Crippen LogP contribution in [0.1, 0.15) is 24.5 Å². The molecular formula is C26H25N3O4S. The molecule has 0 aliphatic carbocycles. The molecule has 0 spiro atoms. The zero-order valence-electron chi connectivity index (χ0n) is 18.8. The van der Waals surface area contributed by atoms with Crippen LogP contribution in [-0.2, 0) is 16.1 Å². The van der Waals surface area contributed by atoms with E-state index in [1.807, 2.05) is 73.7 Å². The van der Waals surface area contributed by atoms with E-state index >= 15 is 0 Å². The number of rotatable bonds is 10. The topological polar surface area (TPSA) is 89.9 Å². The van der Waals surface area contributed by atoms with E-state index in [1.165, 1.54) is 0 Å². The number of carbonyl (C=O) groups excluding carboxylic acids is 2. The molecule has 174 valence electrons. The van der Waals surface area contributed by atoms with Gasteiger partial charge >= 0.3 is 0 Å². The van der Waals surface area contributed by atoms with Gasteiger partial charge in [-0.05, 0) is 48.2 Å². The van der Waals surface area contributed by atoms with Gasteiger partial charge in [-0.25, -0.2) is 0 Å². The van der Waals surface area contributed by atoms with Crippen molar-refractivity contribution in [1.29, 1.82) is 0 Å². The molecule has 1 saturated heterocycles. The van der Waals surface area contributed by atoms with E-state index in [-0.39, 0.29) is 16.4 Å². The second-order valence-electron chi connectivity index (χ2n) is 7.60. The van der Waals surface area contributed by atoms with Crippen molar-refractivity contribution in [2.75, 3.05) is 13.2 Å². The number of nitrogens with zero attached hydrogens (tertiary/aromatic N) is 2. The fourth-order valence-corrected chi connectivity index (χ4v) is 4.33. The third-order valence-electron chi connectivity index (χ3n) is 5.24. The molecule has 34 heavy (non-hydrogen) atoms. The van der Waals surface area contributed by atoms with Gasteiger partial charge in [-0.3, -0.25) is 19.9 Å². The van der Waals surface area contributed by atoms with Crippen LogP contribution in [0.15, 0.2) is 78.1 Å². The Morgan fingerprint density at radius 3 is 2.47 bits per heavy atom. The summed E-state index contributed by atoms with van der Waals surface area (Å²) in [6, 6.07) is 21.5. The van der Waals surface area contributed by atoms with E-state index in [2.05, 4.69) is 15.5 Å². The smallest absolute Gasteiger partial charge is 0.286 e. The van der Waals surface area contributed by atoms with Crippen molar-refractivity contribution in [3.8, 4) is 17.0 Å². The van der Waals surface area contributed by atoms with Crippen LogP contribution in [0.25, 0.3) is 11.3 Å². The zero-order chi connectivity index (χ0) is 23.8. The van der Waals surface area contributed by atoms with Crippen molar-refractivity contribution in [1.82, 2.24) is 10.3 Å². The molecule has 1 fully saturated rings. The predicted octanol–water partition coefficient (Wildman–Crippen LogP) is 4.85. The quantitative estimate of drug-likeness (QED) is 0.256. The summed E-state index contributed by atoms with van der Waals surface area (Å²) in [5.74, 6) is 0.473. The lowest BCUT2D eigenvalue weighted by molar-refractivity contribution is -0.118. The summed E-state index contributed by atoms with van der Waals surface area (Å²) in [6.07, 6.45) is 3.03. The first-order valence-corrected chi connectivity index (χ1v) is 11.9. The van der Waals surface area contributed by atoms with Crippen LogP contribution in [-0.4, -0.2) is 40.3 Å². The summed E-state index contributed by atoms with van der Waals surface area (Å²) in [4.78, 5) is 32.8. The van der Waals surface area contributed by atoms with Gasteiger partial charge in [0, 0.05) is 11.8 Å². The van der Waals surface area contributed by atoms with Crippen LogP contribution in [0.3, 0.4) is 0 Å². The fourth-order valence-electron chi connectivity index (χ4n) is 3.47. The van der Waals surface area contributed by atoms with Crippen LogP contribution >= 0.6 is 11.8 Å². The van der Waals surface area contributed by atoms with E-state index in [4.69, 9.17) is 9.57 Å². The number of pyridine rings is 1. The maximum atomic E-state index is 11.7. The van der Waals surface area contributed by atoms with Crippen molar-refractivity contribution in [3.05, 3.63) is 84.1 Å². The highest BCUT2D eigenvalue weighted by atomic mass is 32.2. The van der Waals surface area contributed by atoms with Crippen LogP contribution in [0.2, 0.25) is 0 Å². The van der Waals surface area contributed by atoms with Gasteiger partial charge < -0.3 is 9.57 Å². The van der Waals surface area contributed by atoms with Gasteiger partial charge in [0.2, 0.25) is 5.91 Å². The van der Waals surface area contributed by atoms with E-state index in [1.54, 1.807) is 6.20 Å². The Morgan fingerprint density at radius 1 is 1.03 bits per heavy atom. The van der Waals surface area contributed by atoms with Gasteiger partial charge in [-0.1, -0.05) is 66.3 Å². The maximum absolute atomic E-state index is 11.7. The fraction of sp³-hybridized carbons (Fsp3) is 0.231. The molecule has 1 unspecified atom stereocenters. The van der Waals surface area contributed by atoms with Gasteiger partial charge in [0.25, 0.3) is 5.24 Å². The number of aromatic nitrogens is 1. The minimum Gasteiger partial charge on any atom is -0.490 e. The van der Waals surface area contributed by atoms with E-state index in [9.17, 15) is 9.59 Å². The van der Waals surface area contributed by atoms with Gasteiger partial charge in [-0.15, -0.1) is 0 Å². The lowest BCUT2D eigenvalue weighted by atomic mass is 10.0. The van der Waals surface area contributed by atoms with Crippen LogP contribution in [0, 0.1) is 0 Å². The molecule has 1 aromatic heterocycles. The largest absolute Gasteiger partial charge is 0.490 e. The van der Waals surface area contributed by atoms with Gasteiger partial charge in [0.1, 0.15) is 12.4 Å². The molecule has 3 aromatic rings. The standard InChI is InChI=1S/C26H25N3O4S/c1-2-22(19-8-10-20(11-9-19)23-5-3-4-14-27-23)29-33-16-15-32-21-12-6-18(7-13-21)17-24-25(30)28-26(31)34-24/h3-14,24H,2,15-17H2,1H3,(H,28,30,31). The summed E-state index contributed by atoms with van der Waals surface area (Å²) in [5.41, 5.74) is 4.83. The van der Waals surface area contributed by atoms with Crippen molar-refractivity contribution in [2.24, 2.45) is 5.16 Å². The summed E-state index contributed by atoms with van der Waals surface area (Å²) in [7, 11) is 0. The summed E-state index contributed by atoms with van der Waals surface area (Å²) in [6.45, 7) is 2.71. The minimum absolute atomic E-state index is 0.233. The molecule has 1 aliphatic rings. The number of imide groups is 1. The SMILES string of the molecule is CCC(=NOCCOc1ccc(CC2SC(=O)NC2=O)cc1)c1ccc(-c2ccccn2)cc1. The highest BCUT2D eigenvalue weighted by Crippen LogP contribution is 2.24. The highest BCUT2D eigenvalue weighted by molar-refractivity contribution is 8.15. The van der Waals surface area contributed by atoms with Crippen LogP contribution < -0.4 is 10.1 Å². The number of hydrogen-bond acceptors (Lipinski definition) is 7. The monoisotopic (exact) mass is 475 g/mol. The second kappa shape index (κ2) is 11.5. The van der Waals surface area contributed by atoms with Crippen molar-refractivity contribution in [3.63, 3.8) is 0 Å². The van der Waals surface area contributed by atoms with Gasteiger partial charge in [-0.2, -0.15) is 0 Å². The molecule has 1 atom stereocenters. The number of oxime groups is 1. The first-order chi connectivity index (χ1) is 16.6. The Balaban J connectivity index is 1.23. The number of amides is 2. The van der Waals surface area contributed by atoms with Crippen molar-refractivity contribution >= 4 is 28.6 Å². The average Bonchev–Trinajstić information content (AvgIpc) is 3.19. The molecule has 0 saturated carbocycles. The van der Waals surface area contributed by atoms with Crippen LogP contribution in [0.5, 0.6) is 5.75 Å². The lowest BCUT2D eigenvalue weighted by Crippen LogP contribution is -2.25. The Morgan fingerprint density at radius 2 is 1.82 bits per heavy atom. The van der Waals surface area contributed by atoms with E-state index in [0.717, 1.165) is 46.3 Å². The molecule has 2 heterocycles. The Bertz CT molecular complexity index is 1150. The number of benzene rings is 2. The molecule has 7 nitrogen and oxygen atoms in total. The minimum atomic E-state index is -0.371. The Kier molecular flexibility index (Phi) is 7.93. The molecule has 4 rings (SSSR count). The Hall–Kier alpha value is -3.65. The average molecular weight is 476 g/mol. The Labute approximate surface area is 202 Å². The summed E-state index contributed by atoms with van der Waals surface area (Å²) in [5, 5.41) is 5.93. The van der Waals surface area contributed by atoms with Crippen molar-refractivity contribution < 1.29 is 19.2 Å². The first kappa shape index (κ1) is 23.5. The number of thioether (sulfide) groups is 1. The third-order valence-corrected chi connectivity index (χ3v) is 6.22. The maximum Gasteiger partial charge on any atom is 0.286 e. The molecular weight excluding hydrogens is 450 g/mol. The van der Waals surface area contributed by atoms with Crippen LogP contribution in [0.4, 0.5) is 4.79 Å². The third kappa shape index (κ3) is 6.23. The molecule has 0 bridgehead atoms. The number of carbonyl (C=O) groups is 2. The summed E-state index contributed by atoms with van der Waals surface area (Å²) >= 11 is 1.03. The number of nitrogens with one attached hydrogen (secondary N) is 1. The molecule has 8 heteroatoms. The van der Waals surface area contributed by atoms with Gasteiger partial charge in [0.05, 0.1) is 16.7 Å². The molecule has 2 aromatic carbocycles. The van der Waals surface area contributed by atoms with E-state index in [0.29, 0.717) is 25.4 Å². The molecule has 0 radical (unpaired) electrons. The zero-order valence-corrected chi connectivity index (χ0v) is 19.6. The normalized spacial score (nSPS) is 15.8. The molecule has 1 N–H and O–H groups in total. The number of hydrogen-bond donors (Lipinski definition) is 1. The lowest BCUT2D eigenvalue weighted by Gasteiger charge is -2.09. The first-order valence-electron chi connectivity index (χ1n) is 11.1. The second-order valence-corrected chi connectivity index (χ2v) is 8.77. The van der Waals surface area contributed by atoms with Crippen molar-refractivity contribution in [2.45, 2.75) is 25.0 Å². The molecule has 1 aliphatic heterocycles. The number of ether oxygens (including phenoxy) is 1.